The van der Waals surface area contributed by atoms with Crippen LogP contribution in [0.5, 0.6) is 0 Å². The highest BCUT2D eigenvalue weighted by Gasteiger charge is 2.62. The van der Waals surface area contributed by atoms with Crippen LogP contribution in [-0.2, 0) is 38.1 Å². The summed E-state index contributed by atoms with van der Waals surface area (Å²) in [6.07, 6.45) is -4.66. The summed E-state index contributed by atoms with van der Waals surface area (Å²) < 4.78 is 22.7. The van der Waals surface area contributed by atoms with Gasteiger partial charge >= 0.3 is 23.9 Å². The molecule has 1 aromatic rings. The first-order valence-electron chi connectivity index (χ1n) is 14.5. The molecule has 0 aromatic heterocycles. The minimum absolute atomic E-state index is 0.0806. The highest BCUT2D eigenvalue weighted by molar-refractivity contribution is 5.93. The lowest BCUT2D eigenvalue weighted by Crippen LogP contribution is -2.58. The number of allylic oxidation sites excluding steroid dienone is 1. The third kappa shape index (κ3) is 7.27. The van der Waals surface area contributed by atoms with Crippen molar-refractivity contribution in [3.8, 4) is 0 Å². The molecule has 2 N–H and O–H groups in total. The van der Waals surface area contributed by atoms with Gasteiger partial charge in [-0.15, -0.1) is 0 Å². The number of aliphatic hydroxyl groups is 2. The normalized spacial score (nSPS) is 33.7. The molecule has 2 aliphatic rings. The van der Waals surface area contributed by atoms with E-state index in [9.17, 15) is 34.2 Å². The minimum Gasteiger partial charge on any atom is -0.458 e. The molecule has 0 spiro atoms. The summed E-state index contributed by atoms with van der Waals surface area (Å²) >= 11 is 0. The highest BCUT2D eigenvalue weighted by Crippen LogP contribution is 2.50. The van der Waals surface area contributed by atoms with Crippen LogP contribution in [0.2, 0.25) is 0 Å². The largest absolute Gasteiger partial charge is 0.458 e. The first kappa shape index (κ1) is 34.7. The molecular weight excluding hydrogens is 572 g/mol. The van der Waals surface area contributed by atoms with Gasteiger partial charge < -0.3 is 29.2 Å². The molecule has 3 rings (SSSR count). The molecule has 11 heteroatoms. The lowest BCUT2D eigenvalue weighted by molar-refractivity contribution is -0.179. The van der Waals surface area contributed by atoms with Crippen LogP contribution < -0.4 is 0 Å². The van der Waals surface area contributed by atoms with Crippen LogP contribution in [0.25, 0.3) is 0 Å². The first-order chi connectivity index (χ1) is 20.4. The van der Waals surface area contributed by atoms with Gasteiger partial charge in [-0.2, -0.15) is 0 Å². The fourth-order valence-electron chi connectivity index (χ4n) is 6.18. The SMILES string of the molecule is C=C1[C@@H](OC(C)=O)[C@@H]2[C@H](OC(=O)c3ccccc3)[C@H](C)C[C@@]2(O)[C@@H](O)[C@@H](C)C=CC(C)(C)C(=O)[C@@H](OC(C)=O)[C@@H]1OC(C)=O. The quantitative estimate of drug-likeness (QED) is 0.285. The van der Waals surface area contributed by atoms with Crippen molar-refractivity contribution < 1.29 is 53.1 Å². The second-order valence-electron chi connectivity index (χ2n) is 12.3. The first-order valence-corrected chi connectivity index (χ1v) is 14.5. The van der Waals surface area contributed by atoms with Crippen LogP contribution in [0.1, 0.15) is 65.2 Å². The summed E-state index contributed by atoms with van der Waals surface area (Å²) in [4.78, 5) is 64.4. The Morgan fingerprint density at radius 1 is 0.864 bits per heavy atom. The summed E-state index contributed by atoms with van der Waals surface area (Å²) in [5.74, 6) is -6.63. The second kappa shape index (κ2) is 13.4. The molecule has 240 valence electrons. The van der Waals surface area contributed by atoms with Gasteiger partial charge in [-0.05, 0) is 38.3 Å². The number of Topliss-reactive ketones (excluding diaryl/α,β-unsaturated/α-hetero) is 1. The maximum absolute atomic E-state index is 13.9. The number of carbonyl (C=O) groups excluding carboxylic acids is 5. The molecule has 0 radical (unpaired) electrons. The van der Waals surface area contributed by atoms with Crippen molar-refractivity contribution in [1.29, 1.82) is 0 Å². The molecule has 11 nitrogen and oxygen atoms in total. The molecule has 0 saturated heterocycles. The average Bonchev–Trinajstić information content (AvgIpc) is 3.20. The van der Waals surface area contributed by atoms with Gasteiger partial charge in [0.2, 0.25) is 6.10 Å². The third-order valence-corrected chi connectivity index (χ3v) is 8.32. The van der Waals surface area contributed by atoms with Crippen molar-refractivity contribution in [2.45, 2.75) is 91.0 Å². The summed E-state index contributed by atoms with van der Waals surface area (Å²) in [6, 6.07) is 8.13. The van der Waals surface area contributed by atoms with E-state index in [-0.39, 0.29) is 17.6 Å². The van der Waals surface area contributed by atoms with Crippen LogP contribution in [0.15, 0.2) is 54.6 Å². The van der Waals surface area contributed by atoms with Gasteiger partial charge in [0.05, 0.1) is 17.6 Å². The molecular formula is C33H42O11. The molecule has 0 heterocycles. The number of esters is 4. The van der Waals surface area contributed by atoms with Crippen molar-refractivity contribution in [1.82, 2.24) is 0 Å². The number of benzene rings is 1. The molecule has 1 saturated carbocycles. The Morgan fingerprint density at radius 3 is 1.93 bits per heavy atom. The molecule has 2 aliphatic carbocycles. The van der Waals surface area contributed by atoms with E-state index in [1.54, 1.807) is 64.1 Å². The van der Waals surface area contributed by atoms with Gasteiger partial charge in [-0.25, -0.2) is 4.79 Å². The molecule has 1 aromatic carbocycles. The third-order valence-electron chi connectivity index (χ3n) is 8.32. The van der Waals surface area contributed by atoms with Crippen molar-refractivity contribution in [3.63, 3.8) is 0 Å². The van der Waals surface area contributed by atoms with Crippen molar-refractivity contribution in [2.24, 2.45) is 23.2 Å². The molecule has 9 atom stereocenters. The van der Waals surface area contributed by atoms with Crippen LogP contribution in [0, 0.1) is 23.2 Å². The van der Waals surface area contributed by atoms with Gasteiger partial charge in [0.25, 0.3) is 0 Å². The standard InChI is InChI=1S/C33H42O11/c1-17-14-15-32(7,8)30(38)28(43-22(6)36)27(42-21(5)35)19(3)26(41-20(4)34)24-25(18(2)16-33(24,40)29(17)37)44-31(39)23-12-10-9-11-13-23/h9-15,17-18,24-29,37,40H,3,16H2,1-2,4-8H3/t17-,18+,24-,25+,26+,27+,28-,29-,33-/m0/s1. The Hall–Kier alpha value is -3.83. The van der Waals surface area contributed by atoms with Gasteiger partial charge in [-0.3, -0.25) is 19.2 Å². The number of hydrogen-bond acceptors (Lipinski definition) is 11. The number of rotatable bonds is 5. The van der Waals surface area contributed by atoms with Gasteiger partial charge in [-0.1, -0.05) is 50.8 Å². The number of ether oxygens (including phenoxy) is 4. The molecule has 0 amide bonds. The zero-order chi connectivity index (χ0) is 33.1. The highest BCUT2D eigenvalue weighted by atomic mass is 16.6. The summed E-state index contributed by atoms with van der Waals surface area (Å²) in [7, 11) is 0. The molecule has 0 bridgehead atoms. The van der Waals surface area contributed by atoms with Crippen molar-refractivity contribution in [3.05, 3.63) is 60.2 Å². The van der Waals surface area contributed by atoms with E-state index in [0.717, 1.165) is 20.8 Å². The van der Waals surface area contributed by atoms with E-state index in [1.165, 1.54) is 6.08 Å². The molecule has 0 unspecified atom stereocenters. The van der Waals surface area contributed by atoms with E-state index >= 15 is 0 Å². The van der Waals surface area contributed by atoms with E-state index in [2.05, 4.69) is 6.58 Å². The van der Waals surface area contributed by atoms with Gasteiger partial charge in [0.1, 0.15) is 17.8 Å². The fourth-order valence-corrected chi connectivity index (χ4v) is 6.18. The van der Waals surface area contributed by atoms with E-state index in [4.69, 9.17) is 18.9 Å². The Morgan fingerprint density at radius 2 is 1.39 bits per heavy atom. The predicted octanol–water partition coefficient (Wildman–Crippen LogP) is 3.11. The monoisotopic (exact) mass is 614 g/mol. The lowest BCUT2D eigenvalue weighted by Gasteiger charge is -2.44. The maximum atomic E-state index is 13.9. The Labute approximate surface area is 257 Å². The average molecular weight is 615 g/mol. The predicted molar refractivity (Wildman–Crippen MR) is 157 cm³/mol. The van der Waals surface area contributed by atoms with Crippen LogP contribution >= 0.6 is 0 Å². The smallest absolute Gasteiger partial charge is 0.338 e. The van der Waals surface area contributed by atoms with Crippen LogP contribution in [-0.4, -0.2) is 76.0 Å². The minimum atomic E-state index is -2.04. The zero-order valence-corrected chi connectivity index (χ0v) is 26.1. The van der Waals surface area contributed by atoms with Gasteiger partial charge in [0.15, 0.2) is 11.9 Å². The number of fused-ring (bicyclic) bond motifs is 1. The second-order valence-corrected chi connectivity index (χ2v) is 12.3. The number of carbonyl (C=O) groups is 5. The van der Waals surface area contributed by atoms with Crippen LogP contribution in [0.3, 0.4) is 0 Å². The summed E-state index contributed by atoms with van der Waals surface area (Å²) in [6.45, 7) is 13.8. The van der Waals surface area contributed by atoms with E-state index < -0.39 is 89.0 Å². The van der Waals surface area contributed by atoms with E-state index in [0.29, 0.717) is 0 Å². The topological polar surface area (TPSA) is 163 Å². The number of aliphatic hydroxyl groups excluding tert-OH is 1. The summed E-state index contributed by atoms with van der Waals surface area (Å²) in [5, 5.41) is 24.0. The Bertz CT molecular complexity index is 1320. The maximum Gasteiger partial charge on any atom is 0.338 e. The van der Waals surface area contributed by atoms with Crippen molar-refractivity contribution in [2.75, 3.05) is 0 Å². The number of ketones is 1. The zero-order valence-electron chi connectivity index (χ0n) is 26.1. The lowest BCUT2D eigenvalue weighted by atomic mass is 9.72. The molecule has 1 fully saturated rings. The van der Waals surface area contributed by atoms with Crippen LogP contribution in [0.4, 0.5) is 0 Å². The Kier molecular flexibility index (Phi) is 10.6. The Balaban J connectivity index is 2.31. The van der Waals surface area contributed by atoms with Crippen molar-refractivity contribution >= 4 is 29.7 Å². The fraction of sp³-hybridized carbons (Fsp3) is 0.545. The molecule has 44 heavy (non-hydrogen) atoms. The summed E-state index contributed by atoms with van der Waals surface area (Å²) in [5.41, 5.74) is -3.35. The van der Waals surface area contributed by atoms with E-state index in [1.807, 2.05) is 0 Å². The molecule has 0 aliphatic heterocycles. The number of hydrogen-bond donors (Lipinski definition) is 2. The van der Waals surface area contributed by atoms with Gasteiger partial charge in [0, 0.05) is 37.7 Å².